The van der Waals surface area contributed by atoms with E-state index in [2.05, 4.69) is 42.3 Å². The van der Waals surface area contributed by atoms with Crippen LogP contribution in [0.25, 0.3) is 0 Å². The molecule has 0 unspecified atom stereocenters. The lowest BCUT2D eigenvalue weighted by molar-refractivity contribution is 0.208. The minimum atomic E-state index is -0.0938. The van der Waals surface area contributed by atoms with Crippen LogP contribution in [0.3, 0.4) is 0 Å². The highest BCUT2D eigenvalue weighted by atomic mass is 35.5. The number of amides is 2. The molecule has 0 saturated carbocycles. The SMILES string of the molecule is Cc1ccc(C)c(N2CCN(C(=O)Nc3ccccc3Cl)CC2)c1. The molecule has 1 saturated heterocycles. The Balaban J connectivity index is 1.61. The summed E-state index contributed by atoms with van der Waals surface area (Å²) in [4.78, 5) is 16.6. The number of para-hydroxylation sites is 1. The Morgan fingerprint density at radius 1 is 1.04 bits per heavy atom. The zero-order chi connectivity index (χ0) is 17.1. The van der Waals surface area contributed by atoms with Crippen molar-refractivity contribution >= 4 is 29.0 Å². The van der Waals surface area contributed by atoms with E-state index < -0.39 is 0 Å². The molecule has 0 aromatic heterocycles. The van der Waals surface area contributed by atoms with E-state index in [-0.39, 0.29) is 6.03 Å². The lowest BCUT2D eigenvalue weighted by Gasteiger charge is -2.37. The number of rotatable bonds is 2. The number of piperazine rings is 1. The second kappa shape index (κ2) is 7.14. The van der Waals surface area contributed by atoms with Gasteiger partial charge in [0.05, 0.1) is 10.7 Å². The molecule has 4 nitrogen and oxygen atoms in total. The van der Waals surface area contributed by atoms with Crippen LogP contribution in [0, 0.1) is 13.8 Å². The second-order valence-corrected chi connectivity index (χ2v) is 6.58. The van der Waals surface area contributed by atoms with E-state index in [9.17, 15) is 4.79 Å². The van der Waals surface area contributed by atoms with Crippen LogP contribution >= 0.6 is 11.6 Å². The van der Waals surface area contributed by atoms with Gasteiger partial charge < -0.3 is 15.1 Å². The number of nitrogens with zero attached hydrogens (tertiary/aromatic N) is 2. The summed E-state index contributed by atoms with van der Waals surface area (Å²) in [5, 5.41) is 3.45. The highest BCUT2D eigenvalue weighted by molar-refractivity contribution is 6.33. The van der Waals surface area contributed by atoms with Gasteiger partial charge in [0.2, 0.25) is 0 Å². The van der Waals surface area contributed by atoms with Crippen molar-refractivity contribution in [2.75, 3.05) is 36.4 Å². The molecule has 24 heavy (non-hydrogen) atoms. The van der Waals surface area contributed by atoms with Crippen molar-refractivity contribution in [3.05, 3.63) is 58.6 Å². The Kier molecular flexibility index (Phi) is 4.95. The molecule has 0 aliphatic carbocycles. The molecule has 0 bridgehead atoms. The predicted octanol–water partition coefficient (Wildman–Crippen LogP) is 4.31. The van der Waals surface area contributed by atoms with Gasteiger partial charge in [0.15, 0.2) is 0 Å². The van der Waals surface area contributed by atoms with Crippen LogP contribution in [0.4, 0.5) is 16.2 Å². The van der Waals surface area contributed by atoms with Crippen molar-refractivity contribution < 1.29 is 4.79 Å². The number of carbonyl (C=O) groups excluding carboxylic acids is 1. The highest BCUT2D eigenvalue weighted by Crippen LogP contribution is 2.24. The van der Waals surface area contributed by atoms with Crippen molar-refractivity contribution in [1.82, 2.24) is 4.90 Å². The zero-order valence-electron chi connectivity index (χ0n) is 14.1. The minimum Gasteiger partial charge on any atom is -0.368 e. The molecule has 126 valence electrons. The second-order valence-electron chi connectivity index (χ2n) is 6.17. The van der Waals surface area contributed by atoms with Crippen LogP contribution < -0.4 is 10.2 Å². The molecule has 1 N–H and O–H groups in total. The van der Waals surface area contributed by atoms with E-state index in [4.69, 9.17) is 11.6 Å². The van der Waals surface area contributed by atoms with Gasteiger partial charge in [-0.05, 0) is 43.2 Å². The van der Waals surface area contributed by atoms with E-state index in [0.717, 1.165) is 13.1 Å². The molecular weight excluding hydrogens is 322 g/mol. The molecule has 2 amide bonds. The van der Waals surface area contributed by atoms with Crippen LogP contribution in [0.5, 0.6) is 0 Å². The molecule has 1 aliphatic heterocycles. The van der Waals surface area contributed by atoms with Crippen LogP contribution in [-0.2, 0) is 0 Å². The van der Waals surface area contributed by atoms with Crippen LogP contribution in [0.15, 0.2) is 42.5 Å². The fraction of sp³-hybridized carbons (Fsp3) is 0.316. The first kappa shape index (κ1) is 16.7. The molecule has 1 aliphatic rings. The number of benzene rings is 2. The van der Waals surface area contributed by atoms with Gasteiger partial charge in [0.25, 0.3) is 0 Å². The zero-order valence-corrected chi connectivity index (χ0v) is 14.8. The molecule has 0 spiro atoms. The summed E-state index contributed by atoms with van der Waals surface area (Å²) in [6.45, 7) is 7.30. The van der Waals surface area contributed by atoms with Crippen molar-refractivity contribution in [2.45, 2.75) is 13.8 Å². The third kappa shape index (κ3) is 3.65. The minimum absolute atomic E-state index is 0.0938. The lowest BCUT2D eigenvalue weighted by atomic mass is 10.1. The summed E-state index contributed by atoms with van der Waals surface area (Å²) in [5.74, 6) is 0. The summed E-state index contributed by atoms with van der Waals surface area (Å²) in [6, 6.07) is 13.7. The van der Waals surface area contributed by atoms with Crippen molar-refractivity contribution in [2.24, 2.45) is 0 Å². The summed E-state index contributed by atoms with van der Waals surface area (Å²) in [6.07, 6.45) is 0. The lowest BCUT2D eigenvalue weighted by Crippen LogP contribution is -2.50. The predicted molar refractivity (Wildman–Crippen MR) is 100 cm³/mol. The van der Waals surface area contributed by atoms with E-state index in [0.29, 0.717) is 23.8 Å². The van der Waals surface area contributed by atoms with Gasteiger partial charge in [-0.2, -0.15) is 0 Å². The van der Waals surface area contributed by atoms with Gasteiger partial charge in [-0.25, -0.2) is 4.79 Å². The van der Waals surface area contributed by atoms with Crippen molar-refractivity contribution in [3.63, 3.8) is 0 Å². The van der Waals surface area contributed by atoms with Gasteiger partial charge in [-0.15, -0.1) is 0 Å². The third-order valence-corrected chi connectivity index (χ3v) is 4.72. The molecule has 1 heterocycles. The first-order valence-electron chi connectivity index (χ1n) is 8.17. The first-order valence-corrected chi connectivity index (χ1v) is 8.55. The van der Waals surface area contributed by atoms with E-state index in [1.165, 1.54) is 16.8 Å². The van der Waals surface area contributed by atoms with Gasteiger partial charge in [0.1, 0.15) is 0 Å². The summed E-state index contributed by atoms with van der Waals surface area (Å²) < 4.78 is 0. The molecule has 3 rings (SSSR count). The van der Waals surface area contributed by atoms with E-state index in [1.807, 2.05) is 23.1 Å². The van der Waals surface area contributed by atoms with Crippen molar-refractivity contribution in [1.29, 1.82) is 0 Å². The van der Waals surface area contributed by atoms with E-state index in [1.54, 1.807) is 6.07 Å². The number of hydrogen-bond donors (Lipinski definition) is 1. The molecular formula is C19H22ClN3O. The van der Waals surface area contributed by atoms with Crippen LogP contribution in [0.1, 0.15) is 11.1 Å². The van der Waals surface area contributed by atoms with Gasteiger partial charge in [-0.1, -0.05) is 35.9 Å². The van der Waals surface area contributed by atoms with Crippen LogP contribution in [0.2, 0.25) is 5.02 Å². The number of hydrogen-bond acceptors (Lipinski definition) is 2. The first-order chi connectivity index (χ1) is 11.5. The molecule has 0 radical (unpaired) electrons. The summed E-state index contributed by atoms with van der Waals surface area (Å²) in [7, 11) is 0. The molecule has 5 heteroatoms. The Hall–Kier alpha value is -2.20. The maximum absolute atomic E-state index is 12.4. The Labute approximate surface area is 148 Å². The monoisotopic (exact) mass is 343 g/mol. The maximum Gasteiger partial charge on any atom is 0.322 e. The normalized spacial score (nSPS) is 14.6. The Morgan fingerprint density at radius 3 is 2.46 bits per heavy atom. The molecule has 1 fully saturated rings. The fourth-order valence-corrected chi connectivity index (χ4v) is 3.15. The average Bonchev–Trinajstić information content (AvgIpc) is 2.59. The quantitative estimate of drug-likeness (QED) is 0.881. The molecule has 2 aromatic carbocycles. The average molecular weight is 344 g/mol. The van der Waals surface area contributed by atoms with E-state index >= 15 is 0 Å². The fourth-order valence-electron chi connectivity index (χ4n) is 2.97. The third-order valence-electron chi connectivity index (χ3n) is 4.39. The maximum atomic E-state index is 12.4. The van der Waals surface area contributed by atoms with Gasteiger partial charge >= 0.3 is 6.03 Å². The van der Waals surface area contributed by atoms with Gasteiger partial charge in [0, 0.05) is 31.9 Å². The number of urea groups is 1. The summed E-state index contributed by atoms with van der Waals surface area (Å²) in [5.41, 5.74) is 4.45. The standard InChI is InChI=1S/C19H22ClN3O/c1-14-7-8-15(2)18(13-14)22-9-11-23(12-10-22)19(24)21-17-6-4-3-5-16(17)20/h3-8,13H,9-12H2,1-2H3,(H,21,24). The number of aryl methyl sites for hydroxylation is 2. The highest BCUT2D eigenvalue weighted by Gasteiger charge is 2.22. The number of anilines is 2. The topological polar surface area (TPSA) is 35.6 Å². The van der Waals surface area contributed by atoms with Crippen LogP contribution in [-0.4, -0.2) is 37.1 Å². The number of halogens is 1. The Bertz CT molecular complexity index is 739. The largest absolute Gasteiger partial charge is 0.368 e. The molecule has 0 atom stereocenters. The smallest absolute Gasteiger partial charge is 0.322 e. The Morgan fingerprint density at radius 2 is 1.75 bits per heavy atom. The number of carbonyl (C=O) groups is 1. The number of nitrogens with one attached hydrogen (secondary N) is 1. The van der Waals surface area contributed by atoms with Gasteiger partial charge in [-0.3, -0.25) is 0 Å². The molecule has 2 aromatic rings. The van der Waals surface area contributed by atoms with Crippen molar-refractivity contribution in [3.8, 4) is 0 Å². The summed E-state index contributed by atoms with van der Waals surface area (Å²) >= 11 is 6.10.